The van der Waals surface area contributed by atoms with Gasteiger partial charge in [-0.25, -0.2) is 0 Å². The van der Waals surface area contributed by atoms with Crippen LogP contribution >= 0.6 is 11.3 Å². The van der Waals surface area contributed by atoms with E-state index in [4.69, 9.17) is 0 Å². The molecule has 2 saturated carbocycles. The molecule has 23 heavy (non-hydrogen) atoms. The highest BCUT2D eigenvalue weighted by atomic mass is 32.1. The Kier molecular flexibility index (Phi) is 4.82. The SMILES string of the molecule is Cc1c(C(C)(C)C)s/c(=N\C(=O)C2CCCCC2)n1CC1CC1. The summed E-state index contributed by atoms with van der Waals surface area (Å²) in [5.74, 6) is 1.08. The molecule has 0 aromatic carbocycles. The van der Waals surface area contributed by atoms with Crippen LogP contribution in [0.25, 0.3) is 0 Å². The van der Waals surface area contributed by atoms with E-state index in [0.29, 0.717) is 0 Å². The zero-order chi connectivity index (χ0) is 16.6. The molecule has 2 fully saturated rings. The Balaban J connectivity index is 1.95. The Labute approximate surface area is 143 Å². The monoisotopic (exact) mass is 334 g/mol. The molecule has 2 aliphatic carbocycles. The highest BCUT2D eigenvalue weighted by molar-refractivity contribution is 7.09. The second-order valence-corrected chi connectivity index (χ2v) is 9.37. The van der Waals surface area contributed by atoms with Crippen molar-refractivity contribution < 1.29 is 4.79 Å². The van der Waals surface area contributed by atoms with Gasteiger partial charge in [0.2, 0.25) is 0 Å². The molecule has 0 unspecified atom stereocenters. The van der Waals surface area contributed by atoms with Crippen molar-refractivity contribution >= 4 is 17.2 Å². The number of nitrogens with zero attached hydrogens (tertiary/aromatic N) is 2. The van der Waals surface area contributed by atoms with Gasteiger partial charge in [0.1, 0.15) is 0 Å². The fraction of sp³-hybridized carbons (Fsp3) is 0.789. The zero-order valence-electron chi connectivity index (χ0n) is 15.0. The molecule has 0 N–H and O–H groups in total. The predicted molar refractivity (Wildman–Crippen MR) is 95.6 cm³/mol. The molecule has 0 atom stereocenters. The first-order valence-corrected chi connectivity index (χ1v) is 9.97. The van der Waals surface area contributed by atoms with Gasteiger partial charge in [-0.3, -0.25) is 4.79 Å². The molecule has 4 heteroatoms. The van der Waals surface area contributed by atoms with E-state index in [0.717, 1.165) is 30.1 Å². The van der Waals surface area contributed by atoms with Crippen molar-refractivity contribution in [3.05, 3.63) is 15.4 Å². The number of amides is 1. The van der Waals surface area contributed by atoms with Gasteiger partial charge in [-0.2, -0.15) is 4.99 Å². The van der Waals surface area contributed by atoms with Gasteiger partial charge in [-0.1, -0.05) is 40.0 Å². The number of aromatic nitrogens is 1. The minimum absolute atomic E-state index is 0.113. The standard InChI is InChI=1S/C19H30N2OS/c1-13-16(19(2,3)4)23-18(21(13)12-14-10-11-14)20-17(22)15-8-6-5-7-9-15/h14-15H,5-12H2,1-4H3/b20-18-. The Morgan fingerprint density at radius 2 is 1.83 bits per heavy atom. The third-order valence-corrected chi connectivity index (χ3v) is 6.74. The molecule has 0 aliphatic heterocycles. The van der Waals surface area contributed by atoms with E-state index in [1.165, 1.54) is 42.7 Å². The van der Waals surface area contributed by atoms with Crippen molar-refractivity contribution in [3.8, 4) is 0 Å². The highest BCUT2D eigenvalue weighted by Gasteiger charge is 2.28. The fourth-order valence-corrected chi connectivity index (χ4v) is 4.78. The molecular weight excluding hydrogens is 304 g/mol. The maximum absolute atomic E-state index is 12.6. The number of carbonyl (C=O) groups excluding carboxylic acids is 1. The molecular formula is C19H30N2OS. The highest BCUT2D eigenvalue weighted by Crippen LogP contribution is 2.33. The summed E-state index contributed by atoms with van der Waals surface area (Å²) < 4.78 is 2.32. The molecule has 3 nitrogen and oxygen atoms in total. The molecule has 128 valence electrons. The number of thiazole rings is 1. The Hall–Kier alpha value is -0.900. The quantitative estimate of drug-likeness (QED) is 0.797. The topological polar surface area (TPSA) is 34.4 Å². The van der Waals surface area contributed by atoms with Crippen molar-refractivity contribution in [2.75, 3.05) is 0 Å². The van der Waals surface area contributed by atoms with Gasteiger partial charge in [0.25, 0.3) is 5.91 Å². The maximum Gasteiger partial charge on any atom is 0.251 e. The summed E-state index contributed by atoms with van der Waals surface area (Å²) in [6, 6.07) is 0. The number of carbonyl (C=O) groups is 1. The van der Waals surface area contributed by atoms with Crippen LogP contribution in [0, 0.1) is 18.8 Å². The molecule has 0 saturated heterocycles. The second kappa shape index (κ2) is 6.54. The summed E-state index contributed by atoms with van der Waals surface area (Å²) in [4.78, 5) is 19.5. The van der Waals surface area contributed by atoms with Gasteiger partial charge in [-0.15, -0.1) is 11.3 Å². The molecule has 1 aromatic rings. The minimum Gasteiger partial charge on any atom is -0.320 e. The smallest absolute Gasteiger partial charge is 0.251 e. The van der Waals surface area contributed by atoms with Gasteiger partial charge in [0.05, 0.1) is 0 Å². The van der Waals surface area contributed by atoms with E-state index in [9.17, 15) is 4.79 Å². The Morgan fingerprint density at radius 3 is 2.39 bits per heavy atom. The number of rotatable bonds is 3. The van der Waals surface area contributed by atoms with Crippen LogP contribution < -0.4 is 4.80 Å². The molecule has 3 rings (SSSR count). The predicted octanol–water partition coefficient (Wildman–Crippen LogP) is 4.57. The van der Waals surface area contributed by atoms with Crippen LogP contribution in [0.5, 0.6) is 0 Å². The van der Waals surface area contributed by atoms with Crippen molar-refractivity contribution in [3.63, 3.8) is 0 Å². The lowest BCUT2D eigenvalue weighted by molar-refractivity contribution is -0.122. The van der Waals surface area contributed by atoms with Crippen LogP contribution in [0.1, 0.15) is 76.3 Å². The molecule has 0 spiro atoms. The maximum atomic E-state index is 12.6. The molecule has 1 heterocycles. The third-order valence-electron chi connectivity index (χ3n) is 5.14. The van der Waals surface area contributed by atoms with E-state index in [1.807, 2.05) is 0 Å². The van der Waals surface area contributed by atoms with Crippen LogP contribution in [0.15, 0.2) is 4.99 Å². The summed E-state index contributed by atoms with van der Waals surface area (Å²) in [6.07, 6.45) is 8.35. The van der Waals surface area contributed by atoms with Crippen molar-refractivity contribution in [1.29, 1.82) is 0 Å². The molecule has 0 bridgehead atoms. The van der Waals surface area contributed by atoms with Crippen LogP contribution in [0.4, 0.5) is 0 Å². The zero-order valence-corrected chi connectivity index (χ0v) is 15.8. The van der Waals surface area contributed by atoms with Crippen molar-refractivity contribution in [1.82, 2.24) is 4.57 Å². The first kappa shape index (κ1) is 16.9. The van der Waals surface area contributed by atoms with Gasteiger partial charge in [0.15, 0.2) is 4.80 Å². The summed E-state index contributed by atoms with van der Waals surface area (Å²) in [5, 5.41) is 0. The molecule has 1 amide bonds. The summed E-state index contributed by atoms with van der Waals surface area (Å²) in [7, 11) is 0. The summed E-state index contributed by atoms with van der Waals surface area (Å²) >= 11 is 1.73. The van der Waals surface area contributed by atoms with Gasteiger partial charge >= 0.3 is 0 Å². The lowest BCUT2D eigenvalue weighted by Crippen LogP contribution is -2.23. The van der Waals surface area contributed by atoms with E-state index in [2.05, 4.69) is 37.3 Å². The van der Waals surface area contributed by atoms with Crippen LogP contribution in [-0.4, -0.2) is 10.5 Å². The average molecular weight is 335 g/mol. The summed E-state index contributed by atoms with van der Waals surface area (Å²) in [6.45, 7) is 9.98. The van der Waals surface area contributed by atoms with E-state index in [1.54, 1.807) is 11.3 Å². The largest absolute Gasteiger partial charge is 0.320 e. The molecule has 2 aliphatic rings. The van der Waals surface area contributed by atoms with Crippen LogP contribution in [0.2, 0.25) is 0 Å². The average Bonchev–Trinajstić information content (AvgIpc) is 3.26. The van der Waals surface area contributed by atoms with Gasteiger partial charge in [0, 0.05) is 23.0 Å². The van der Waals surface area contributed by atoms with E-state index >= 15 is 0 Å². The normalized spacial score (nSPS) is 21.0. The van der Waals surface area contributed by atoms with Crippen LogP contribution in [-0.2, 0) is 16.8 Å². The molecule has 0 radical (unpaired) electrons. The molecule has 1 aromatic heterocycles. The van der Waals surface area contributed by atoms with Crippen molar-refractivity contribution in [2.45, 2.75) is 84.6 Å². The number of hydrogen-bond donors (Lipinski definition) is 0. The van der Waals surface area contributed by atoms with E-state index < -0.39 is 0 Å². The first-order valence-electron chi connectivity index (χ1n) is 9.15. The van der Waals surface area contributed by atoms with Crippen molar-refractivity contribution in [2.24, 2.45) is 16.8 Å². The Bertz CT molecular complexity index is 637. The third kappa shape index (κ3) is 3.96. The summed E-state index contributed by atoms with van der Waals surface area (Å²) in [5.41, 5.74) is 1.42. The van der Waals surface area contributed by atoms with Gasteiger partial charge in [-0.05, 0) is 43.9 Å². The second-order valence-electron chi connectivity index (χ2n) is 8.39. The lowest BCUT2D eigenvalue weighted by Gasteiger charge is -2.18. The number of hydrogen-bond acceptors (Lipinski definition) is 2. The Morgan fingerprint density at radius 1 is 1.17 bits per heavy atom. The lowest BCUT2D eigenvalue weighted by atomic mass is 9.89. The minimum atomic E-state index is 0.113. The van der Waals surface area contributed by atoms with Crippen LogP contribution in [0.3, 0.4) is 0 Å². The first-order chi connectivity index (χ1) is 10.9. The van der Waals surface area contributed by atoms with E-state index in [-0.39, 0.29) is 17.2 Å². The fourth-order valence-electron chi connectivity index (χ4n) is 3.57. The van der Waals surface area contributed by atoms with Gasteiger partial charge < -0.3 is 4.57 Å².